The van der Waals surface area contributed by atoms with E-state index in [-0.39, 0.29) is 18.9 Å². The van der Waals surface area contributed by atoms with Gasteiger partial charge >= 0.3 is 0 Å². The number of anilines is 1. The summed E-state index contributed by atoms with van der Waals surface area (Å²) in [5.41, 5.74) is 1.36. The van der Waals surface area contributed by atoms with Crippen molar-refractivity contribution in [1.29, 1.82) is 0 Å². The molecule has 5 nitrogen and oxygen atoms in total. The number of thioether (sulfide) groups is 1. The van der Waals surface area contributed by atoms with Gasteiger partial charge in [-0.25, -0.2) is 12.8 Å². The number of sulfonamides is 1. The first-order valence-electron chi connectivity index (χ1n) is 9.18. The normalized spacial score (nSPS) is 11.3. The Hall–Kier alpha value is -1.48. The van der Waals surface area contributed by atoms with Crippen molar-refractivity contribution in [3.63, 3.8) is 0 Å². The van der Waals surface area contributed by atoms with Crippen molar-refractivity contribution in [2.75, 3.05) is 29.4 Å². The van der Waals surface area contributed by atoms with Gasteiger partial charge in [-0.15, -0.1) is 0 Å². The maximum Gasteiger partial charge on any atom is 0.232 e. The largest absolute Gasteiger partial charge is 0.355 e. The lowest BCUT2D eigenvalue weighted by Gasteiger charge is -2.22. The summed E-state index contributed by atoms with van der Waals surface area (Å²) in [5.74, 6) is 0.846. The van der Waals surface area contributed by atoms with Gasteiger partial charge in [0.1, 0.15) is 5.82 Å². The lowest BCUT2D eigenvalue weighted by molar-refractivity contribution is -0.121. The summed E-state index contributed by atoms with van der Waals surface area (Å²) in [5, 5.41) is 4.03. The molecule has 0 atom stereocenters. The molecule has 1 amide bonds. The lowest BCUT2D eigenvalue weighted by Crippen LogP contribution is -2.32. The third-order valence-corrected chi connectivity index (χ3v) is 6.91. The Bertz CT molecular complexity index is 957. The smallest absolute Gasteiger partial charge is 0.232 e. The maximum atomic E-state index is 13.1. The predicted molar refractivity (Wildman–Crippen MR) is 123 cm³/mol. The zero-order chi connectivity index (χ0) is 22.1. The molecule has 30 heavy (non-hydrogen) atoms. The van der Waals surface area contributed by atoms with Crippen LogP contribution in [0.15, 0.2) is 42.5 Å². The molecule has 0 aliphatic carbocycles. The standard InChI is InChI=1S/C20H23Cl2FN2O3S2/c1-30(27,28)25(18-8-6-17(23)7-9-18)11-2-3-20(26)24-10-12-29-14-15-4-5-16(21)13-19(15)22/h4-9,13H,2-3,10-12,14H2,1H3,(H,24,26). The number of rotatable bonds is 11. The summed E-state index contributed by atoms with van der Waals surface area (Å²) in [7, 11) is -3.53. The molecule has 0 aliphatic rings. The first-order valence-corrected chi connectivity index (χ1v) is 12.9. The Labute approximate surface area is 191 Å². The zero-order valence-corrected chi connectivity index (χ0v) is 19.6. The van der Waals surface area contributed by atoms with Crippen LogP contribution in [-0.4, -0.2) is 39.4 Å². The van der Waals surface area contributed by atoms with Gasteiger partial charge in [0.25, 0.3) is 0 Å². The number of carbonyl (C=O) groups excluding carboxylic acids is 1. The highest BCUT2D eigenvalue weighted by atomic mass is 35.5. The van der Waals surface area contributed by atoms with Crippen molar-refractivity contribution in [1.82, 2.24) is 5.32 Å². The van der Waals surface area contributed by atoms with E-state index in [0.717, 1.165) is 17.6 Å². The molecule has 2 aromatic rings. The fraction of sp³-hybridized carbons (Fsp3) is 0.350. The molecular formula is C20H23Cl2FN2O3S2. The molecular weight excluding hydrogens is 470 g/mol. The average Bonchev–Trinajstić information content (AvgIpc) is 2.66. The molecule has 0 heterocycles. The van der Waals surface area contributed by atoms with Crippen LogP contribution in [0.5, 0.6) is 0 Å². The molecule has 0 saturated heterocycles. The molecule has 2 aromatic carbocycles. The number of amides is 1. The van der Waals surface area contributed by atoms with Crippen LogP contribution in [0.2, 0.25) is 10.0 Å². The summed E-state index contributed by atoms with van der Waals surface area (Å²) in [6.07, 6.45) is 1.63. The number of benzene rings is 2. The SMILES string of the molecule is CS(=O)(=O)N(CCCC(=O)NCCSCc1ccc(Cl)cc1Cl)c1ccc(F)cc1. The van der Waals surface area contributed by atoms with E-state index in [9.17, 15) is 17.6 Å². The van der Waals surface area contributed by atoms with E-state index >= 15 is 0 Å². The Morgan fingerprint density at radius 1 is 1.17 bits per heavy atom. The van der Waals surface area contributed by atoms with Gasteiger partial charge in [-0.3, -0.25) is 9.10 Å². The summed E-state index contributed by atoms with van der Waals surface area (Å²) in [4.78, 5) is 12.0. The van der Waals surface area contributed by atoms with E-state index < -0.39 is 15.8 Å². The maximum absolute atomic E-state index is 13.1. The molecule has 0 unspecified atom stereocenters. The van der Waals surface area contributed by atoms with Crippen LogP contribution in [0, 0.1) is 5.82 Å². The number of hydrogen-bond donors (Lipinski definition) is 1. The minimum Gasteiger partial charge on any atom is -0.355 e. The average molecular weight is 493 g/mol. The molecule has 0 aliphatic heterocycles. The number of hydrogen-bond acceptors (Lipinski definition) is 4. The number of carbonyl (C=O) groups is 1. The molecule has 2 rings (SSSR count). The number of nitrogens with one attached hydrogen (secondary N) is 1. The Morgan fingerprint density at radius 2 is 1.87 bits per heavy atom. The third-order valence-electron chi connectivity index (χ3n) is 4.12. The highest BCUT2D eigenvalue weighted by Crippen LogP contribution is 2.24. The van der Waals surface area contributed by atoms with Crippen molar-refractivity contribution in [2.24, 2.45) is 0 Å². The first kappa shape index (κ1) is 24.8. The minimum atomic E-state index is -3.53. The molecule has 0 radical (unpaired) electrons. The summed E-state index contributed by atoms with van der Waals surface area (Å²) in [6.45, 7) is 0.643. The summed E-state index contributed by atoms with van der Waals surface area (Å²) < 4.78 is 38.3. The minimum absolute atomic E-state index is 0.141. The molecule has 0 fully saturated rings. The molecule has 164 valence electrons. The number of nitrogens with zero attached hydrogens (tertiary/aromatic N) is 1. The Balaban J connectivity index is 1.70. The second kappa shape index (κ2) is 11.8. The second-order valence-electron chi connectivity index (χ2n) is 6.55. The lowest BCUT2D eigenvalue weighted by atomic mass is 10.2. The van der Waals surface area contributed by atoms with Gasteiger partial charge in [0, 0.05) is 41.1 Å². The zero-order valence-electron chi connectivity index (χ0n) is 16.4. The van der Waals surface area contributed by atoms with Crippen molar-refractivity contribution in [2.45, 2.75) is 18.6 Å². The van der Waals surface area contributed by atoms with Gasteiger partial charge in [0.2, 0.25) is 15.9 Å². The summed E-state index contributed by atoms with van der Waals surface area (Å²) in [6, 6.07) is 10.6. The molecule has 0 spiro atoms. The van der Waals surface area contributed by atoms with Gasteiger partial charge in [0.15, 0.2) is 0 Å². The van der Waals surface area contributed by atoms with Crippen molar-refractivity contribution < 1.29 is 17.6 Å². The first-order chi connectivity index (χ1) is 14.2. The Kier molecular flexibility index (Phi) is 9.74. The van der Waals surface area contributed by atoms with Crippen LogP contribution in [0.25, 0.3) is 0 Å². The number of halogens is 3. The van der Waals surface area contributed by atoms with Crippen molar-refractivity contribution in [3.05, 3.63) is 63.9 Å². The molecule has 10 heteroatoms. The van der Waals surface area contributed by atoms with Gasteiger partial charge < -0.3 is 5.32 Å². The molecule has 0 saturated carbocycles. The predicted octanol–water partition coefficient (Wildman–Crippen LogP) is 4.73. The van der Waals surface area contributed by atoms with Gasteiger partial charge in [-0.1, -0.05) is 29.3 Å². The van der Waals surface area contributed by atoms with Gasteiger partial charge in [0.05, 0.1) is 11.9 Å². The quantitative estimate of drug-likeness (QED) is 0.460. The monoisotopic (exact) mass is 492 g/mol. The molecule has 0 aromatic heterocycles. The van der Waals surface area contributed by atoms with E-state index in [4.69, 9.17) is 23.2 Å². The van der Waals surface area contributed by atoms with Crippen LogP contribution >= 0.6 is 35.0 Å². The van der Waals surface area contributed by atoms with E-state index in [1.54, 1.807) is 23.9 Å². The second-order valence-corrected chi connectivity index (χ2v) is 10.4. The van der Waals surface area contributed by atoms with Crippen LogP contribution in [0.4, 0.5) is 10.1 Å². The van der Waals surface area contributed by atoms with Crippen LogP contribution in [-0.2, 0) is 20.6 Å². The van der Waals surface area contributed by atoms with Crippen molar-refractivity contribution in [3.8, 4) is 0 Å². The van der Waals surface area contributed by atoms with Gasteiger partial charge in [-0.05, 0) is 48.4 Å². The van der Waals surface area contributed by atoms with E-state index in [1.165, 1.54) is 28.6 Å². The molecule has 1 N–H and O–H groups in total. The van der Waals surface area contributed by atoms with Gasteiger partial charge in [-0.2, -0.15) is 11.8 Å². The van der Waals surface area contributed by atoms with Crippen molar-refractivity contribution >= 4 is 56.6 Å². The third kappa shape index (κ3) is 8.34. The highest BCUT2D eigenvalue weighted by molar-refractivity contribution is 7.98. The highest BCUT2D eigenvalue weighted by Gasteiger charge is 2.17. The molecule has 0 bridgehead atoms. The van der Waals surface area contributed by atoms with Crippen LogP contribution < -0.4 is 9.62 Å². The van der Waals surface area contributed by atoms with E-state index in [2.05, 4.69) is 5.32 Å². The fourth-order valence-corrected chi connectivity index (χ4v) is 5.03. The Morgan fingerprint density at radius 3 is 2.50 bits per heavy atom. The van der Waals surface area contributed by atoms with Crippen LogP contribution in [0.3, 0.4) is 0 Å². The van der Waals surface area contributed by atoms with Crippen LogP contribution in [0.1, 0.15) is 18.4 Å². The van der Waals surface area contributed by atoms with E-state index in [0.29, 0.717) is 34.5 Å². The topological polar surface area (TPSA) is 66.5 Å². The fourth-order valence-electron chi connectivity index (χ4n) is 2.65. The van der Waals surface area contributed by atoms with E-state index in [1.807, 2.05) is 6.07 Å². The summed E-state index contributed by atoms with van der Waals surface area (Å²) >= 11 is 13.6.